The van der Waals surface area contributed by atoms with Gasteiger partial charge in [-0.05, 0) is 50.2 Å². The van der Waals surface area contributed by atoms with Gasteiger partial charge in [-0.15, -0.1) is 0 Å². The van der Waals surface area contributed by atoms with Crippen LogP contribution in [-0.2, 0) is 11.3 Å². The molecule has 122 valence electrons. The van der Waals surface area contributed by atoms with E-state index in [0.29, 0.717) is 5.56 Å². The Morgan fingerprint density at radius 2 is 1.78 bits per heavy atom. The Balaban J connectivity index is 2.04. The van der Waals surface area contributed by atoms with Gasteiger partial charge in [0.1, 0.15) is 12.4 Å². The van der Waals surface area contributed by atoms with Crippen molar-refractivity contribution in [3.63, 3.8) is 0 Å². The molecular weight excluding hydrogens is 317 g/mol. The molecule has 0 aliphatic heterocycles. The number of carbonyl (C=O) groups excluding carboxylic acids is 1. The number of halogens is 2. The second-order valence-corrected chi connectivity index (χ2v) is 5.40. The molecule has 2 aromatic rings. The van der Waals surface area contributed by atoms with E-state index in [-0.39, 0.29) is 17.2 Å². The Bertz CT molecular complexity index is 649. The van der Waals surface area contributed by atoms with Gasteiger partial charge in [0.05, 0.1) is 10.6 Å². The molecule has 0 saturated heterocycles. The Morgan fingerprint density at radius 1 is 1.13 bits per heavy atom. The first-order valence-corrected chi connectivity index (χ1v) is 7.89. The molecule has 0 atom stereocenters. The molecule has 0 bridgehead atoms. The summed E-state index contributed by atoms with van der Waals surface area (Å²) in [6.45, 7) is 5.74. The summed E-state index contributed by atoms with van der Waals surface area (Å²) in [5.74, 6) is -0.988. The van der Waals surface area contributed by atoms with Crippen molar-refractivity contribution in [1.82, 2.24) is 0 Å². The van der Waals surface area contributed by atoms with Gasteiger partial charge in [-0.1, -0.05) is 17.7 Å². The minimum Gasteiger partial charge on any atom is -0.457 e. The number of rotatable bonds is 6. The first-order valence-electron chi connectivity index (χ1n) is 7.51. The van der Waals surface area contributed by atoms with E-state index in [2.05, 4.69) is 18.7 Å². The van der Waals surface area contributed by atoms with Gasteiger partial charge in [-0.2, -0.15) is 0 Å². The minimum absolute atomic E-state index is 0.183. The number of hydrogen-bond donors (Lipinski definition) is 0. The first kappa shape index (κ1) is 17.3. The van der Waals surface area contributed by atoms with Crippen LogP contribution in [0.25, 0.3) is 0 Å². The van der Waals surface area contributed by atoms with Crippen LogP contribution >= 0.6 is 11.6 Å². The molecular formula is C18H19ClFNO2. The lowest BCUT2D eigenvalue weighted by atomic mass is 10.2. The number of carbonyl (C=O) groups is 1. The molecule has 2 rings (SSSR count). The largest absolute Gasteiger partial charge is 0.457 e. The second kappa shape index (κ2) is 7.97. The van der Waals surface area contributed by atoms with Crippen molar-refractivity contribution in [2.24, 2.45) is 0 Å². The predicted octanol–water partition coefficient (Wildman–Crippen LogP) is 4.68. The van der Waals surface area contributed by atoms with Crippen molar-refractivity contribution in [2.45, 2.75) is 20.5 Å². The molecule has 0 spiro atoms. The van der Waals surface area contributed by atoms with Crippen LogP contribution in [0, 0.1) is 5.82 Å². The van der Waals surface area contributed by atoms with Gasteiger partial charge in [0.25, 0.3) is 0 Å². The fourth-order valence-electron chi connectivity index (χ4n) is 2.29. The van der Waals surface area contributed by atoms with Gasteiger partial charge in [0.2, 0.25) is 0 Å². The third kappa shape index (κ3) is 4.23. The van der Waals surface area contributed by atoms with Crippen molar-refractivity contribution >= 4 is 23.3 Å². The van der Waals surface area contributed by atoms with Gasteiger partial charge in [-0.25, -0.2) is 9.18 Å². The Kier molecular flexibility index (Phi) is 5.99. The molecule has 0 aliphatic carbocycles. The topological polar surface area (TPSA) is 29.5 Å². The van der Waals surface area contributed by atoms with Crippen LogP contribution in [-0.4, -0.2) is 19.1 Å². The zero-order valence-electron chi connectivity index (χ0n) is 13.2. The normalized spacial score (nSPS) is 10.4. The fraction of sp³-hybridized carbons (Fsp3) is 0.278. The fourth-order valence-corrected chi connectivity index (χ4v) is 2.51. The lowest BCUT2D eigenvalue weighted by Gasteiger charge is -2.20. The number of ether oxygens (including phenoxy) is 1. The first-order chi connectivity index (χ1) is 11.1. The molecule has 0 saturated carbocycles. The van der Waals surface area contributed by atoms with E-state index in [1.165, 1.54) is 12.1 Å². The number of anilines is 1. The molecule has 5 heteroatoms. The van der Waals surface area contributed by atoms with Gasteiger partial charge >= 0.3 is 5.97 Å². The average molecular weight is 336 g/mol. The third-order valence-corrected chi connectivity index (χ3v) is 3.99. The van der Waals surface area contributed by atoms with E-state index in [0.717, 1.165) is 18.8 Å². The summed E-state index contributed by atoms with van der Waals surface area (Å²) in [6.07, 6.45) is 0. The Hall–Kier alpha value is -2.07. The maximum absolute atomic E-state index is 13.6. The van der Waals surface area contributed by atoms with E-state index >= 15 is 0 Å². The molecule has 2 aromatic carbocycles. The summed E-state index contributed by atoms with van der Waals surface area (Å²) in [6, 6.07) is 11.5. The molecule has 23 heavy (non-hydrogen) atoms. The van der Waals surface area contributed by atoms with E-state index in [1.807, 2.05) is 12.1 Å². The number of esters is 1. The average Bonchev–Trinajstić information content (AvgIpc) is 2.56. The summed E-state index contributed by atoms with van der Waals surface area (Å²) in [5.41, 5.74) is 1.65. The van der Waals surface area contributed by atoms with E-state index < -0.39 is 11.8 Å². The second-order valence-electron chi connectivity index (χ2n) is 5.00. The highest BCUT2D eigenvalue weighted by Crippen LogP contribution is 2.21. The summed E-state index contributed by atoms with van der Waals surface area (Å²) in [4.78, 5) is 14.2. The molecule has 0 N–H and O–H groups in total. The molecule has 0 amide bonds. The smallest absolute Gasteiger partial charge is 0.338 e. The number of nitrogens with zero attached hydrogens (tertiary/aromatic N) is 1. The highest BCUT2D eigenvalue weighted by Gasteiger charge is 2.12. The van der Waals surface area contributed by atoms with E-state index in [9.17, 15) is 9.18 Å². The monoisotopic (exact) mass is 335 g/mol. The zero-order valence-corrected chi connectivity index (χ0v) is 13.9. The van der Waals surface area contributed by atoms with Crippen molar-refractivity contribution < 1.29 is 13.9 Å². The van der Waals surface area contributed by atoms with Crippen LogP contribution in [0.5, 0.6) is 0 Å². The molecule has 0 aliphatic rings. The lowest BCUT2D eigenvalue weighted by Crippen LogP contribution is -2.21. The van der Waals surface area contributed by atoms with Crippen molar-refractivity contribution in [3.05, 3.63) is 64.4 Å². The molecule has 0 radical (unpaired) electrons. The van der Waals surface area contributed by atoms with Crippen LogP contribution in [0.1, 0.15) is 29.8 Å². The highest BCUT2D eigenvalue weighted by atomic mass is 35.5. The third-order valence-electron chi connectivity index (χ3n) is 3.64. The van der Waals surface area contributed by atoms with Crippen LogP contribution in [0.2, 0.25) is 5.02 Å². The van der Waals surface area contributed by atoms with E-state index in [1.54, 1.807) is 18.2 Å². The number of benzene rings is 2. The molecule has 0 aromatic heterocycles. The van der Waals surface area contributed by atoms with Crippen molar-refractivity contribution in [3.8, 4) is 0 Å². The lowest BCUT2D eigenvalue weighted by molar-refractivity contribution is 0.0469. The van der Waals surface area contributed by atoms with Crippen LogP contribution in [0.4, 0.5) is 10.1 Å². The quantitative estimate of drug-likeness (QED) is 0.718. The summed E-state index contributed by atoms with van der Waals surface area (Å²) < 4.78 is 18.8. The van der Waals surface area contributed by atoms with Gasteiger partial charge in [0.15, 0.2) is 0 Å². The van der Waals surface area contributed by atoms with Crippen molar-refractivity contribution in [2.75, 3.05) is 18.0 Å². The van der Waals surface area contributed by atoms with Gasteiger partial charge < -0.3 is 9.64 Å². The van der Waals surface area contributed by atoms with Gasteiger partial charge in [0, 0.05) is 24.3 Å². The van der Waals surface area contributed by atoms with E-state index in [4.69, 9.17) is 16.3 Å². The summed E-state index contributed by atoms with van der Waals surface area (Å²) >= 11 is 5.91. The molecule has 0 fully saturated rings. The van der Waals surface area contributed by atoms with Crippen LogP contribution in [0.15, 0.2) is 42.5 Å². The Labute approximate surface area is 140 Å². The summed E-state index contributed by atoms with van der Waals surface area (Å²) in [5, 5.41) is 0.245. The standard InChI is InChI=1S/C18H19ClFNO2/c1-3-21(4-2)14-10-8-13(9-11-14)18(22)23-12-15-16(19)6-5-7-17(15)20/h5-11H,3-4,12H2,1-2H3. The zero-order chi connectivity index (χ0) is 16.8. The minimum atomic E-state index is -0.504. The predicted molar refractivity (Wildman–Crippen MR) is 90.5 cm³/mol. The highest BCUT2D eigenvalue weighted by molar-refractivity contribution is 6.31. The Morgan fingerprint density at radius 3 is 2.35 bits per heavy atom. The summed E-state index contributed by atoms with van der Waals surface area (Å²) in [7, 11) is 0. The molecule has 0 unspecified atom stereocenters. The maximum atomic E-state index is 13.6. The number of hydrogen-bond acceptors (Lipinski definition) is 3. The molecule has 0 heterocycles. The van der Waals surface area contributed by atoms with Gasteiger partial charge in [-0.3, -0.25) is 0 Å². The van der Waals surface area contributed by atoms with Crippen LogP contribution in [0.3, 0.4) is 0 Å². The van der Waals surface area contributed by atoms with Crippen LogP contribution < -0.4 is 4.90 Å². The van der Waals surface area contributed by atoms with Crippen molar-refractivity contribution in [1.29, 1.82) is 0 Å². The maximum Gasteiger partial charge on any atom is 0.338 e. The molecule has 3 nitrogen and oxygen atoms in total. The SMILES string of the molecule is CCN(CC)c1ccc(C(=O)OCc2c(F)cccc2Cl)cc1.